The fourth-order valence-corrected chi connectivity index (χ4v) is 2.35. The molecule has 0 radical (unpaired) electrons. The van der Waals surface area contributed by atoms with Crippen molar-refractivity contribution < 1.29 is 10.2 Å². The second kappa shape index (κ2) is 6.33. The lowest BCUT2D eigenvalue weighted by Gasteiger charge is -2.31. The first kappa shape index (κ1) is 14.3. The van der Waals surface area contributed by atoms with Crippen molar-refractivity contribution in [3.8, 4) is 6.07 Å². The van der Waals surface area contributed by atoms with Crippen LogP contribution in [0.25, 0.3) is 0 Å². The van der Waals surface area contributed by atoms with Gasteiger partial charge in [0.15, 0.2) is 0 Å². The Morgan fingerprint density at radius 3 is 1.80 bits per heavy atom. The Kier molecular flexibility index (Phi) is 4.52. The van der Waals surface area contributed by atoms with Gasteiger partial charge in [0.1, 0.15) is 5.60 Å². The van der Waals surface area contributed by atoms with E-state index >= 15 is 0 Å². The van der Waals surface area contributed by atoms with Gasteiger partial charge in [0.05, 0.1) is 18.6 Å². The molecule has 20 heavy (non-hydrogen) atoms. The lowest BCUT2D eigenvalue weighted by molar-refractivity contribution is 0.0192. The number of aliphatic hydroxyl groups excluding tert-OH is 1. The van der Waals surface area contributed by atoms with Crippen molar-refractivity contribution in [2.45, 2.75) is 24.5 Å². The van der Waals surface area contributed by atoms with E-state index in [2.05, 4.69) is 0 Å². The highest BCUT2D eigenvalue weighted by atomic mass is 16.3. The first-order valence-corrected chi connectivity index (χ1v) is 6.55. The molecule has 0 bridgehead atoms. The lowest BCUT2D eigenvalue weighted by Crippen LogP contribution is -2.32. The third kappa shape index (κ3) is 3.05. The molecule has 1 unspecified atom stereocenters. The molecule has 2 N–H and O–H groups in total. The number of nitrogens with zero attached hydrogens (tertiary/aromatic N) is 1. The number of benzene rings is 2. The Balaban J connectivity index is 2.42. The summed E-state index contributed by atoms with van der Waals surface area (Å²) in [7, 11) is 0. The number of aliphatic hydroxyl groups is 2. The third-order valence-electron chi connectivity index (χ3n) is 3.36. The Labute approximate surface area is 118 Å². The van der Waals surface area contributed by atoms with Gasteiger partial charge in [0, 0.05) is 6.42 Å². The molecule has 0 aliphatic rings. The van der Waals surface area contributed by atoms with Crippen molar-refractivity contribution in [1.29, 1.82) is 5.26 Å². The first-order chi connectivity index (χ1) is 9.66. The van der Waals surface area contributed by atoms with Crippen molar-refractivity contribution in [1.82, 2.24) is 0 Å². The van der Waals surface area contributed by atoms with Crippen LogP contribution in [0, 0.1) is 11.3 Å². The van der Waals surface area contributed by atoms with Gasteiger partial charge in [-0.25, -0.2) is 0 Å². The maximum Gasteiger partial charge on any atom is 0.117 e. The first-order valence-electron chi connectivity index (χ1n) is 6.55. The molecule has 0 aromatic heterocycles. The molecular weight excluding hydrogens is 250 g/mol. The Morgan fingerprint density at radius 2 is 1.40 bits per heavy atom. The van der Waals surface area contributed by atoms with E-state index < -0.39 is 11.7 Å². The summed E-state index contributed by atoms with van der Waals surface area (Å²) in [6, 6.07) is 20.4. The summed E-state index contributed by atoms with van der Waals surface area (Å²) in [6.07, 6.45) is -0.776. The predicted molar refractivity (Wildman–Crippen MR) is 76.7 cm³/mol. The average molecular weight is 267 g/mol. The molecule has 0 fully saturated rings. The minimum atomic E-state index is -1.29. The minimum absolute atomic E-state index is 0.00196. The van der Waals surface area contributed by atoms with E-state index in [0.29, 0.717) is 11.1 Å². The SMILES string of the molecule is N#CCC(O)CC(O)(c1ccccc1)c1ccccc1. The summed E-state index contributed by atoms with van der Waals surface area (Å²) in [5.41, 5.74) is 0.130. The lowest BCUT2D eigenvalue weighted by atomic mass is 9.81. The van der Waals surface area contributed by atoms with Gasteiger partial charge in [-0.3, -0.25) is 0 Å². The fourth-order valence-electron chi connectivity index (χ4n) is 2.35. The largest absolute Gasteiger partial charge is 0.392 e. The number of nitriles is 1. The van der Waals surface area contributed by atoms with Crippen molar-refractivity contribution in [3.05, 3.63) is 71.8 Å². The Morgan fingerprint density at radius 1 is 0.950 bits per heavy atom. The molecule has 3 heteroatoms. The van der Waals surface area contributed by atoms with E-state index in [9.17, 15) is 10.2 Å². The second-order valence-corrected chi connectivity index (χ2v) is 4.81. The molecule has 3 nitrogen and oxygen atoms in total. The van der Waals surface area contributed by atoms with Gasteiger partial charge in [-0.1, -0.05) is 60.7 Å². The van der Waals surface area contributed by atoms with Crippen LogP contribution in [0.4, 0.5) is 0 Å². The van der Waals surface area contributed by atoms with E-state index in [-0.39, 0.29) is 12.8 Å². The average Bonchev–Trinajstić information content (AvgIpc) is 2.49. The van der Waals surface area contributed by atoms with Crippen molar-refractivity contribution >= 4 is 0 Å². The van der Waals surface area contributed by atoms with E-state index in [1.165, 1.54) is 0 Å². The van der Waals surface area contributed by atoms with Crippen LogP contribution in [0.5, 0.6) is 0 Å². The van der Waals surface area contributed by atoms with E-state index in [4.69, 9.17) is 5.26 Å². The summed E-state index contributed by atoms with van der Waals surface area (Å²) in [4.78, 5) is 0. The van der Waals surface area contributed by atoms with Crippen molar-refractivity contribution in [2.24, 2.45) is 0 Å². The molecule has 1 atom stereocenters. The molecule has 102 valence electrons. The Hall–Kier alpha value is -2.15. The third-order valence-corrected chi connectivity index (χ3v) is 3.36. The van der Waals surface area contributed by atoms with Gasteiger partial charge < -0.3 is 10.2 Å². The van der Waals surface area contributed by atoms with Gasteiger partial charge in [-0.15, -0.1) is 0 Å². The maximum absolute atomic E-state index is 11.1. The van der Waals surface area contributed by atoms with Crippen LogP contribution in [-0.4, -0.2) is 16.3 Å². The topological polar surface area (TPSA) is 64.2 Å². The Bertz CT molecular complexity index is 535. The molecule has 0 amide bonds. The molecular formula is C17H17NO2. The molecule has 2 aromatic carbocycles. The summed E-state index contributed by atoms with van der Waals surface area (Å²) in [6.45, 7) is 0. The zero-order valence-corrected chi connectivity index (χ0v) is 11.1. The second-order valence-electron chi connectivity index (χ2n) is 4.81. The zero-order chi connectivity index (χ0) is 14.4. The highest BCUT2D eigenvalue weighted by Gasteiger charge is 2.33. The van der Waals surface area contributed by atoms with Crippen LogP contribution >= 0.6 is 0 Å². The van der Waals surface area contributed by atoms with E-state index in [0.717, 1.165) is 0 Å². The number of rotatable bonds is 5. The zero-order valence-electron chi connectivity index (χ0n) is 11.1. The van der Waals surface area contributed by atoms with Crippen molar-refractivity contribution in [3.63, 3.8) is 0 Å². The van der Waals surface area contributed by atoms with Gasteiger partial charge in [-0.05, 0) is 11.1 Å². The van der Waals surface area contributed by atoms with Gasteiger partial charge in [-0.2, -0.15) is 5.26 Å². The number of hydrogen-bond acceptors (Lipinski definition) is 3. The van der Waals surface area contributed by atoms with E-state index in [1.807, 2.05) is 66.7 Å². The standard InChI is InChI=1S/C17H17NO2/c18-12-11-16(19)13-17(20,14-7-3-1-4-8-14)15-9-5-2-6-10-15/h1-10,16,19-20H,11,13H2. The molecule has 0 saturated carbocycles. The summed E-state index contributed by atoms with van der Waals surface area (Å²) in [5.74, 6) is 0. The number of hydrogen-bond donors (Lipinski definition) is 2. The van der Waals surface area contributed by atoms with E-state index in [1.54, 1.807) is 0 Å². The van der Waals surface area contributed by atoms with Crippen molar-refractivity contribution in [2.75, 3.05) is 0 Å². The molecule has 0 aliphatic carbocycles. The van der Waals surface area contributed by atoms with Crippen LogP contribution in [0.1, 0.15) is 24.0 Å². The smallest absolute Gasteiger partial charge is 0.117 e. The summed E-state index contributed by atoms with van der Waals surface area (Å²) < 4.78 is 0. The minimum Gasteiger partial charge on any atom is -0.392 e. The monoisotopic (exact) mass is 267 g/mol. The maximum atomic E-state index is 11.1. The van der Waals surface area contributed by atoms with Crippen LogP contribution in [0.2, 0.25) is 0 Å². The highest BCUT2D eigenvalue weighted by Crippen LogP contribution is 2.34. The van der Waals surface area contributed by atoms with Gasteiger partial charge in [0.2, 0.25) is 0 Å². The molecule has 0 saturated heterocycles. The summed E-state index contributed by atoms with van der Waals surface area (Å²) >= 11 is 0. The predicted octanol–water partition coefficient (Wildman–Crippen LogP) is 2.59. The van der Waals surface area contributed by atoms with Gasteiger partial charge >= 0.3 is 0 Å². The summed E-state index contributed by atoms with van der Waals surface area (Å²) in [5, 5.41) is 29.7. The van der Waals surface area contributed by atoms with Crippen LogP contribution in [0.15, 0.2) is 60.7 Å². The highest BCUT2D eigenvalue weighted by molar-refractivity contribution is 5.36. The molecule has 0 heterocycles. The molecule has 0 aliphatic heterocycles. The van der Waals surface area contributed by atoms with Crippen LogP contribution in [-0.2, 0) is 5.60 Å². The van der Waals surface area contributed by atoms with Gasteiger partial charge in [0.25, 0.3) is 0 Å². The van der Waals surface area contributed by atoms with Crippen LogP contribution < -0.4 is 0 Å². The fraction of sp³-hybridized carbons (Fsp3) is 0.235. The normalized spacial score (nSPS) is 12.7. The molecule has 0 spiro atoms. The molecule has 2 rings (SSSR count). The van der Waals surface area contributed by atoms with Crippen LogP contribution in [0.3, 0.4) is 0 Å². The quantitative estimate of drug-likeness (QED) is 0.875. The molecule has 2 aromatic rings.